The number of amides is 2. The maximum absolute atomic E-state index is 13.9. The highest BCUT2D eigenvalue weighted by Gasteiger charge is 2.30. The van der Waals surface area contributed by atoms with Crippen LogP contribution in [0, 0.1) is 5.92 Å². The van der Waals surface area contributed by atoms with Crippen LogP contribution in [0.4, 0.5) is 16.6 Å². The molecule has 0 bridgehead atoms. The predicted octanol–water partition coefficient (Wildman–Crippen LogP) is 5.74. The van der Waals surface area contributed by atoms with Crippen LogP contribution in [0.1, 0.15) is 57.8 Å². The van der Waals surface area contributed by atoms with Crippen LogP contribution in [0.25, 0.3) is 10.8 Å². The van der Waals surface area contributed by atoms with Gasteiger partial charge in [0.25, 0.3) is 5.91 Å². The molecule has 0 spiro atoms. The zero-order valence-electron chi connectivity index (χ0n) is 22.4. The van der Waals surface area contributed by atoms with E-state index < -0.39 is 5.60 Å². The molecule has 1 aliphatic heterocycles. The van der Waals surface area contributed by atoms with Crippen molar-refractivity contribution in [2.75, 3.05) is 29.9 Å². The quantitative estimate of drug-likeness (QED) is 0.461. The number of likely N-dealkylation sites (tertiary alicyclic amines) is 1. The van der Waals surface area contributed by atoms with Gasteiger partial charge in [0.15, 0.2) is 0 Å². The van der Waals surface area contributed by atoms with Gasteiger partial charge >= 0.3 is 6.09 Å². The number of benzene rings is 2. The Labute approximate surface area is 219 Å². The molecule has 1 aliphatic rings. The Kier molecular flexibility index (Phi) is 7.95. The number of fused-ring (bicyclic) bond motifs is 1. The number of carbonyl (C=O) groups excluding carboxylic acids is 2. The first-order valence-corrected chi connectivity index (χ1v) is 13.0. The lowest BCUT2D eigenvalue weighted by atomic mass is 9.96. The molecule has 1 saturated heterocycles. The molecular formula is C29H37N5O3. The van der Waals surface area contributed by atoms with Crippen molar-refractivity contribution in [1.82, 2.24) is 14.9 Å². The molecule has 2 heterocycles. The number of aromatic nitrogens is 2. The van der Waals surface area contributed by atoms with Crippen molar-refractivity contribution >= 4 is 34.5 Å². The summed E-state index contributed by atoms with van der Waals surface area (Å²) in [5.74, 6) is 1.17. The standard InChI is InChI=1S/C29H37N5O3/c1-20(2)31-27-30-15-12-25(32-27)34(26(35)24-11-10-22-8-6-7-9-23(22)18-24)19-21-13-16-33(17-14-21)28(36)37-29(3,4)5/h6-12,15,18,20-21H,13-14,16-17,19H2,1-5H3,(H,30,31,32). The largest absolute Gasteiger partial charge is 0.444 e. The zero-order valence-corrected chi connectivity index (χ0v) is 22.4. The van der Waals surface area contributed by atoms with Gasteiger partial charge in [-0.15, -0.1) is 0 Å². The number of hydrogen-bond acceptors (Lipinski definition) is 6. The SMILES string of the molecule is CC(C)Nc1nccc(N(CC2CCN(C(=O)OC(C)(C)C)CC2)C(=O)c2ccc3ccccc3c2)n1. The van der Waals surface area contributed by atoms with Crippen LogP contribution in [-0.4, -0.2) is 58.1 Å². The van der Waals surface area contributed by atoms with Crippen molar-refractivity contribution < 1.29 is 14.3 Å². The fourth-order valence-corrected chi connectivity index (χ4v) is 4.47. The first kappa shape index (κ1) is 26.4. The summed E-state index contributed by atoms with van der Waals surface area (Å²) in [6.45, 7) is 11.4. The maximum Gasteiger partial charge on any atom is 0.410 e. The Morgan fingerprint density at radius 2 is 1.78 bits per heavy atom. The number of piperidine rings is 1. The van der Waals surface area contributed by atoms with E-state index in [2.05, 4.69) is 15.3 Å². The third-order valence-corrected chi connectivity index (χ3v) is 6.28. The normalized spacial score (nSPS) is 14.6. The highest BCUT2D eigenvalue weighted by Crippen LogP contribution is 2.26. The third-order valence-electron chi connectivity index (χ3n) is 6.28. The molecule has 0 unspecified atom stereocenters. The van der Waals surface area contributed by atoms with Crippen LogP contribution >= 0.6 is 0 Å². The van der Waals surface area contributed by atoms with Crippen molar-refractivity contribution in [2.45, 2.75) is 59.1 Å². The molecule has 0 atom stereocenters. The van der Waals surface area contributed by atoms with Crippen LogP contribution in [0.5, 0.6) is 0 Å². The minimum atomic E-state index is -0.522. The molecule has 1 fully saturated rings. The number of ether oxygens (including phenoxy) is 1. The first-order valence-electron chi connectivity index (χ1n) is 13.0. The topological polar surface area (TPSA) is 87.7 Å². The molecule has 2 amide bonds. The minimum absolute atomic E-state index is 0.102. The van der Waals surface area contributed by atoms with Crippen molar-refractivity contribution in [2.24, 2.45) is 5.92 Å². The molecule has 4 rings (SSSR count). The van der Waals surface area contributed by atoms with Crippen molar-refractivity contribution in [1.29, 1.82) is 0 Å². The van der Waals surface area contributed by atoms with E-state index in [0.717, 1.165) is 23.6 Å². The highest BCUT2D eigenvalue weighted by atomic mass is 16.6. The van der Waals surface area contributed by atoms with E-state index >= 15 is 0 Å². The Hall–Kier alpha value is -3.68. The van der Waals surface area contributed by atoms with Crippen LogP contribution in [0.15, 0.2) is 54.7 Å². The number of nitrogens with one attached hydrogen (secondary N) is 1. The molecule has 2 aromatic carbocycles. The maximum atomic E-state index is 13.9. The molecule has 1 aromatic heterocycles. The van der Waals surface area contributed by atoms with Crippen LogP contribution in [-0.2, 0) is 4.74 Å². The van der Waals surface area contributed by atoms with Crippen molar-refractivity contribution in [3.05, 3.63) is 60.3 Å². The lowest BCUT2D eigenvalue weighted by Gasteiger charge is -2.35. The molecule has 37 heavy (non-hydrogen) atoms. The summed E-state index contributed by atoms with van der Waals surface area (Å²) >= 11 is 0. The number of nitrogens with zero attached hydrogens (tertiary/aromatic N) is 4. The monoisotopic (exact) mass is 503 g/mol. The Balaban J connectivity index is 1.55. The van der Waals surface area contributed by atoms with Gasteiger partial charge in [-0.3, -0.25) is 9.69 Å². The molecule has 1 N–H and O–H groups in total. The molecule has 3 aromatic rings. The molecular weight excluding hydrogens is 466 g/mol. The number of rotatable bonds is 6. The summed E-state index contributed by atoms with van der Waals surface area (Å²) in [7, 11) is 0. The third kappa shape index (κ3) is 6.96. The fourth-order valence-electron chi connectivity index (χ4n) is 4.47. The molecule has 0 aliphatic carbocycles. The van der Waals surface area contributed by atoms with Crippen molar-refractivity contribution in [3.8, 4) is 0 Å². The molecule has 0 saturated carbocycles. The molecule has 8 nitrogen and oxygen atoms in total. The second kappa shape index (κ2) is 11.2. The average Bonchev–Trinajstić information content (AvgIpc) is 2.85. The molecule has 8 heteroatoms. The van der Waals surface area contributed by atoms with Gasteiger partial charge < -0.3 is 15.0 Å². The summed E-state index contributed by atoms with van der Waals surface area (Å²) in [6.07, 6.45) is 2.96. The smallest absolute Gasteiger partial charge is 0.410 e. The first-order chi connectivity index (χ1) is 17.6. The number of hydrogen-bond donors (Lipinski definition) is 1. The summed E-state index contributed by atoms with van der Waals surface area (Å²) in [6, 6.07) is 15.7. The van der Waals surface area contributed by atoms with E-state index in [1.54, 1.807) is 22.1 Å². The van der Waals surface area contributed by atoms with E-state index in [1.807, 2.05) is 77.1 Å². The summed E-state index contributed by atoms with van der Waals surface area (Å²) < 4.78 is 5.54. The predicted molar refractivity (Wildman–Crippen MR) is 147 cm³/mol. The van der Waals surface area contributed by atoms with E-state index in [0.29, 0.717) is 37.0 Å². The number of carbonyl (C=O) groups is 2. The van der Waals surface area contributed by atoms with E-state index in [4.69, 9.17) is 4.74 Å². The lowest BCUT2D eigenvalue weighted by molar-refractivity contribution is 0.0185. The van der Waals surface area contributed by atoms with E-state index in [9.17, 15) is 9.59 Å². The van der Waals surface area contributed by atoms with Crippen LogP contribution in [0.3, 0.4) is 0 Å². The van der Waals surface area contributed by atoms with Gasteiger partial charge in [-0.05, 0) is 82.3 Å². The molecule has 0 radical (unpaired) electrons. The van der Waals surface area contributed by atoms with Crippen LogP contribution in [0.2, 0.25) is 0 Å². The second-order valence-corrected chi connectivity index (χ2v) is 10.9. The number of anilines is 2. The summed E-state index contributed by atoms with van der Waals surface area (Å²) in [4.78, 5) is 38.9. The van der Waals surface area contributed by atoms with Gasteiger partial charge in [0, 0.05) is 37.4 Å². The van der Waals surface area contributed by atoms with Crippen LogP contribution < -0.4 is 10.2 Å². The average molecular weight is 504 g/mol. The Morgan fingerprint density at radius 3 is 2.46 bits per heavy atom. The Bertz CT molecular complexity index is 1250. The van der Waals surface area contributed by atoms with Gasteiger partial charge in [-0.2, -0.15) is 4.98 Å². The summed E-state index contributed by atoms with van der Waals surface area (Å²) in [5, 5.41) is 5.33. The minimum Gasteiger partial charge on any atom is -0.444 e. The Morgan fingerprint density at radius 1 is 1.08 bits per heavy atom. The fraction of sp³-hybridized carbons (Fsp3) is 0.448. The van der Waals surface area contributed by atoms with Gasteiger partial charge in [0.05, 0.1) is 0 Å². The van der Waals surface area contributed by atoms with E-state index in [1.165, 1.54) is 0 Å². The lowest BCUT2D eigenvalue weighted by Crippen LogP contribution is -2.45. The van der Waals surface area contributed by atoms with Gasteiger partial charge in [-0.25, -0.2) is 9.78 Å². The highest BCUT2D eigenvalue weighted by molar-refractivity contribution is 6.07. The van der Waals surface area contributed by atoms with Gasteiger partial charge in [-0.1, -0.05) is 30.3 Å². The second-order valence-electron chi connectivity index (χ2n) is 10.9. The van der Waals surface area contributed by atoms with E-state index in [-0.39, 0.29) is 24.0 Å². The molecule has 196 valence electrons. The van der Waals surface area contributed by atoms with Gasteiger partial charge in [0.1, 0.15) is 11.4 Å². The van der Waals surface area contributed by atoms with Gasteiger partial charge in [0.2, 0.25) is 5.95 Å². The zero-order chi connectivity index (χ0) is 26.6. The van der Waals surface area contributed by atoms with Crippen molar-refractivity contribution in [3.63, 3.8) is 0 Å². The summed E-state index contributed by atoms with van der Waals surface area (Å²) in [5.41, 5.74) is 0.0908.